The minimum absolute atomic E-state index is 0.0133. The van der Waals surface area contributed by atoms with E-state index in [4.69, 9.17) is 5.73 Å². The first-order valence-electron chi connectivity index (χ1n) is 5.37. The molecule has 1 aromatic heterocycles. The van der Waals surface area contributed by atoms with E-state index in [1.165, 1.54) is 23.1 Å². The van der Waals surface area contributed by atoms with Crippen molar-refractivity contribution in [2.45, 2.75) is 24.5 Å². The number of nitrogens with one attached hydrogen (secondary N) is 1. The smallest absolute Gasteiger partial charge is 0.255 e. The number of thiophene rings is 1. The van der Waals surface area contributed by atoms with E-state index in [0.717, 1.165) is 9.96 Å². The molecule has 0 unspecified atom stereocenters. The van der Waals surface area contributed by atoms with Crippen molar-refractivity contribution in [3.05, 3.63) is 10.4 Å². The van der Waals surface area contributed by atoms with Crippen molar-refractivity contribution < 1.29 is 9.59 Å². The zero-order valence-corrected chi connectivity index (χ0v) is 11.8. The summed E-state index contributed by atoms with van der Waals surface area (Å²) >= 11 is 2.85. The van der Waals surface area contributed by atoms with Crippen LogP contribution < -0.4 is 11.1 Å². The summed E-state index contributed by atoms with van der Waals surface area (Å²) in [6, 6.07) is 0. The molecule has 1 rings (SSSR count). The summed E-state index contributed by atoms with van der Waals surface area (Å²) in [6.07, 6.45) is 0.397. The Morgan fingerprint density at radius 3 is 2.53 bits per heavy atom. The van der Waals surface area contributed by atoms with E-state index in [9.17, 15) is 9.59 Å². The van der Waals surface area contributed by atoms with Gasteiger partial charge in [-0.2, -0.15) is 0 Å². The highest BCUT2D eigenvalue weighted by molar-refractivity contribution is 8.01. The number of Topliss-reactive ketones (excluding diaryl/α,β-unsaturated/α-hetero) is 1. The van der Waals surface area contributed by atoms with Crippen LogP contribution in [0.5, 0.6) is 0 Å². The predicted octanol–water partition coefficient (Wildman–Crippen LogP) is 2.39. The van der Waals surface area contributed by atoms with Gasteiger partial charge in [0.15, 0.2) is 5.78 Å². The van der Waals surface area contributed by atoms with Crippen LogP contribution in [-0.2, 0) is 0 Å². The zero-order valence-electron chi connectivity index (χ0n) is 10.1. The van der Waals surface area contributed by atoms with Crippen molar-refractivity contribution in [3.63, 3.8) is 0 Å². The average Bonchev–Trinajstić information content (AvgIpc) is 2.65. The lowest BCUT2D eigenvalue weighted by Gasteiger charge is -2.02. The molecule has 0 aliphatic rings. The number of hydrogen-bond acceptors (Lipinski definition) is 5. The molecule has 4 nitrogen and oxygen atoms in total. The topological polar surface area (TPSA) is 72.2 Å². The first kappa shape index (κ1) is 14.1. The second-order valence-electron chi connectivity index (χ2n) is 3.30. The van der Waals surface area contributed by atoms with Crippen LogP contribution in [0, 0.1) is 0 Å². The molecule has 0 saturated heterocycles. The van der Waals surface area contributed by atoms with E-state index in [-0.39, 0.29) is 11.7 Å². The van der Waals surface area contributed by atoms with Crippen molar-refractivity contribution in [3.8, 4) is 0 Å². The summed E-state index contributed by atoms with van der Waals surface area (Å²) in [7, 11) is 1.56. The first-order valence-corrected chi connectivity index (χ1v) is 7.17. The number of carbonyl (C=O) groups is 2. The van der Waals surface area contributed by atoms with E-state index in [1.807, 2.05) is 6.92 Å². The van der Waals surface area contributed by atoms with Gasteiger partial charge in [0.2, 0.25) is 0 Å². The monoisotopic (exact) mass is 272 g/mol. The predicted molar refractivity (Wildman–Crippen MR) is 73.1 cm³/mol. The lowest BCUT2D eigenvalue weighted by molar-refractivity contribution is 0.0961. The van der Waals surface area contributed by atoms with Gasteiger partial charge in [-0.25, -0.2) is 0 Å². The van der Waals surface area contributed by atoms with Gasteiger partial charge < -0.3 is 11.1 Å². The number of amides is 1. The van der Waals surface area contributed by atoms with Crippen molar-refractivity contribution in [1.82, 2.24) is 5.32 Å². The molecule has 0 bridgehead atoms. The fourth-order valence-electron chi connectivity index (χ4n) is 1.36. The molecule has 1 amide bonds. The lowest BCUT2D eigenvalue weighted by Crippen LogP contribution is -2.19. The number of thioether (sulfide) groups is 1. The number of carbonyl (C=O) groups excluding carboxylic acids is 2. The molecular weight excluding hydrogens is 256 g/mol. The molecular formula is C11H16N2O2S2. The molecule has 94 valence electrons. The first-order chi connectivity index (χ1) is 8.06. The third-order valence-corrected chi connectivity index (χ3v) is 4.62. The number of hydrogen-bond donors (Lipinski definition) is 2. The van der Waals surface area contributed by atoms with Crippen molar-refractivity contribution in [2.75, 3.05) is 18.5 Å². The minimum atomic E-state index is -0.232. The van der Waals surface area contributed by atoms with Crippen LogP contribution in [0.4, 0.5) is 5.69 Å². The highest BCUT2D eigenvalue weighted by Gasteiger charge is 2.23. The normalized spacial score (nSPS) is 10.3. The van der Waals surface area contributed by atoms with E-state index >= 15 is 0 Å². The van der Waals surface area contributed by atoms with Crippen molar-refractivity contribution in [1.29, 1.82) is 0 Å². The maximum absolute atomic E-state index is 11.7. The van der Waals surface area contributed by atoms with Gasteiger partial charge in [0, 0.05) is 13.5 Å². The summed E-state index contributed by atoms with van der Waals surface area (Å²) < 4.78 is 0.821. The van der Waals surface area contributed by atoms with Crippen LogP contribution in [0.15, 0.2) is 4.21 Å². The zero-order chi connectivity index (χ0) is 13.0. The Bertz CT molecular complexity index is 441. The molecule has 0 spiro atoms. The van der Waals surface area contributed by atoms with E-state index in [1.54, 1.807) is 14.0 Å². The fourth-order valence-corrected chi connectivity index (χ4v) is 3.77. The molecule has 0 radical (unpaired) electrons. The third kappa shape index (κ3) is 2.81. The number of nitrogen functional groups attached to an aromatic ring is 1. The molecule has 0 aliphatic heterocycles. The Kier molecular flexibility index (Phi) is 5.02. The molecule has 1 heterocycles. The summed E-state index contributed by atoms with van der Waals surface area (Å²) in [6.45, 7) is 3.78. The van der Waals surface area contributed by atoms with Gasteiger partial charge in [-0.3, -0.25) is 9.59 Å². The van der Waals surface area contributed by atoms with E-state index in [2.05, 4.69) is 5.32 Å². The lowest BCUT2D eigenvalue weighted by atomic mass is 10.2. The van der Waals surface area contributed by atoms with Crippen LogP contribution in [0.1, 0.15) is 40.3 Å². The Hall–Kier alpha value is -1.01. The van der Waals surface area contributed by atoms with Gasteiger partial charge in [-0.05, 0) is 5.75 Å². The average molecular weight is 272 g/mol. The van der Waals surface area contributed by atoms with Crippen LogP contribution in [-0.4, -0.2) is 24.5 Å². The Morgan fingerprint density at radius 2 is 2.06 bits per heavy atom. The van der Waals surface area contributed by atoms with Crippen LogP contribution in [0.25, 0.3) is 0 Å². The Labute approximate surface area is 109 Å². The maximum Gasteiger partial charge on any atom is 0.255 e. The molecule has 0 saturated carbocycles. The van der Waals surface area contributed by atoms with E-state index < -0.39 is 0 Å². The third-order valence-electron chi connectivity index (χ3n) is 2.22. The second-order valence-corrected chi connectivity index (χ2v) is 5.85. The van der Waals surface area contributed by atoms with Gasteiger partial charge in [-0.1, -0.05) is 13.8 Å². The Balaban J connectivity index is 3.29. The van der Waals surface area contributed by atoms with Gasteiger partial charge in [0.25, 0.3) is 5.91 Å². The molecule has 0 fully saturated rings. The van der Waals surface area contributed by atoms with Crippen LogP contribution >= 0.6 is 23.1 Å². The van der Waals surface area contributed by atoms with Crippen LogP contribution in [0.2, 0.25) is 0 Å². The standard InChI is InChI=1S/C11H16N2O2S2/c1-4-6(14)9-8(12)7(10(15)13-3)11(17-9)16-5-2/h4-5,12H2,1-3H3,(H,13,15). The summed E-state index contributed by atoms with van der Waals surface area (Å²) in [5.41, 5.74) is 6.67. The summed E-state index contributed by atoms with van der Waals surface area (Å²) in [4.78, 5) is 24.0. The van der Waals surface area contributed by atoms with Gasteiger partial charge in [0.05, 0.1) is 20.3 Å². The van der Waals surface area contributed by atoms with Crippen molar-refractivity contribution >= 4 is 40.5 Å². The molecule has 1 aromatic rings. The quantitative estimate of drug-likeness (QED) is 0.637. The minimum Gasteiger partial charge on any atom is -0.397 e. The molecule has 0 aliphatic carbocycles. The highest BCUT2D eigenvalue weighted by atomic mass is 32.2. The molecule has 6 heteroatoms. The van der Waals surface area contributed by atoms with Gasteiger partial charge >= 0.3 is 0 Å². The Morgan fingerprint density at radius 1 is 1.41 bits per heavy atom. The number of anilines is 1. The number of ketones is 1. The summed E-state index contributed by atoms with van der Waals surface area (Å²) in [5.74, 6) is 0.592. The van der Waals surface area contributed by atoms with Gasteiger partial charge in [0.1, 0.15) is 0 Å². The van der Waals surface area contributed by atoms with Crippen molar-refractivity contribution in [2.24, 2.45) is 0 Å². The number of rotatable bonds is 5. The van der Waals surface area contributed by atoms with Crippen LogP contribution in [0.3, 0.4) is 0 Å². The molecule has 17 heavy (non-hydrogen) atoms. The molecule has 0 aromatic carbocycles. The SMILES string of the molecule is CCSc1sc(C(=O)CC)c(N)c1C(=O)NC. The van der Waals surface area contributed by atoms with Gasteiger partial charge in [-0.15, -0.1) is 23.1 Å². The molecule has 3 N–H and O–H groups in total. The summed E-state index contributed by atoms with van der Waals surface area (Å²) in [5, 5.41) is 2.55. The second kappa shape index (κ2) is 6.07. The fraction of sp³-hybridized carbons (Fsp3) is 0.455. The maximum atomic E-state index is 11.7. The highest BCUT2D eigenvalue weighted by Crippen LogP contribution is 2.38. The number of nitrogens with two attached hydrogens (primary N) is 1. The largest absolute Gasteiger partial charge is 0.397 e. The molecule has 0 atom stereocenters. The van der Waals surface area contributed by atoms with E-state index in [0.29, 0.717) is 22.5 Å².